The second-order valence-corrected chi connectivity index (χ2v) is 20.4. The van der Waals surface area contributed by atoms with Crippen molar-refractivity contribution in [2.24, 2.45) is 0 Å². The van der Waals surface area contributed by atoms with Crippen molar-refractivity contribution in [1.29, 1.82) is 0 Å². The van der Waals surface area contributed by atoms with Crippen molar-refractivity contribution < 1.29 is 87.3 Å². The van der Waals surface area contributed by atoms with Gasteiger partial charge in [0.2, 0.25) is 21.3 Å². The van der Waals surface area contributed by atoms with Crippen molar-refractivity contribution in [2.75, 3.05) is 44.2 Å². The van der Waals surface area contributed by atoms with E-state index in [1.807, 2.05) is 64.1 Å². The van der Waals surface area contributed by atoms with Gasteiger partial charge in [-0.25, -0.2) is 22.3 Å². The third kappa shape index (κ3) is 13.8. The van der Waals surface area contributed by atoms with E-state index < -0.39 is 38.7 Å². The SMILES string of the molecule is CCN(CC)c1ccc2c(-c3ccc(S(=O)(=O)NCCCCCC(=O)NCC(O)C[n+]4cccc(C[C-](C)P(=O)(O)O)c4)cc3S(=O)(=O)O)c3ccc(=[N+](CC)CC)cc-3oc2c1.[Y]. The third-order valence-electron chi connectivity index (χ3n) is 11.0. The minimum atomic E-state index is -4.96. The number of carbonyl (C=O) groups is 1. The van der Waals surface area contributed by atoms with Gasteiger partial charge in [0.25, 0.3) is 10.1 Å². The molecule has 64 heavy (non-hydrogen) atoms. The van der Waals surface area contributed by atoms with Gasteiger partial charge >= 0.3 is 0 Å². The first-order valence-electron chi connectivity index (χ1n) is 21.1. The molecule has 2 aliphatic rings. The van der Waals surface area contributed by atoms with Gasteiger partial charge in [0.05, 0.1) is 11.0 Å². The first-order chi connectivity index (χ1) is 29.8. The van der Waals surface area contributed by atoms with Crippen molar-refractivity contribution in [2.45, 2.75) is 89.2 Å². The molecule has 1 aliphatic carbocycles. The molecule has 0 bridgehead atoms. The van der Waals surface area contributed by atoms with Crippen LogP contribution in [0.1, 0.15) is 65.9 Å². The molecule has 2 heterocycles. The number of benzene rings is 3. The van der Waals surface area contributed by atoms with Crippen LogP contribution in [0.3, 0.4) is 0 Å². The average molecular weight is 1020 g/mol. The number of rotatable bonds is 22. The minimum absolute atomic E-state index is 0. The summed E-state index contributed by atoms with van der Waals surface area (Å²) in [6, 6.07) is 18.4. The molecular formula is C44H59N5O11PS2Y+. The summed E-state index contributed by atoms with van der Waals surface area (Å²) in [6.45, 7) is 12.7. The van der Waals surface area contributed by atoms with Gasteiger partial charge in [-0.3, -0.25) is 13.9 Å². The zero-order valence-corrected chi connectivity index (χ0v) is 42.3. The van der Waals surface area contributed by atoms with E-state index in [-0.39, 0.29) is 87.2 Å². The van der Waals surface area contributed by atoms with E-state index in [1.54, 1.807) is 29.1 Å². The molecule has 1 radical (unpaired) electrons. The molecule has 1 aliphatic heterocycles. The number of nitrogens with one attached hydrogen (secondary N) is 2. The van der Waals surface area contributed by atoms with Crippen LogP contribution in [-0.2, 0) is 75.2 Å². The Balaban J connectivity index is 0.00000898. The summed E-state index contributed by atoms with van der Waals surface area (Å²) >= 11 is 0. The van der Waals surface area contributed by atoms with Crippen molar-refractivity contribution in [1.82, 2.24) is 14.6 Å². The number of sulfonamides is 1. The van der Waals surface area contributed by atoms with Gasteiger partial charge in [0.15, 0.2) is 26.5 Å². The van der Waals surface area contributed by atoms with E-state index in [9.17, 15) is 45.6 Å². The maximum absolute atomic E-state index is 13.5. The molecule has 6 N–H and O–H groups in total. The van der Waals surface area contributed by atoms with Crippen LogP contribution in [0.25, 0.3) is 33.4 Å². The van der Waals surface area contributed by atoms with E-state index in [2.05, 4.69) is 19.5 Å². The zero-order valence-electron chi connectivity index (χ0n) is 36.9. The van der Waals surface area contributed by atoms with Gasteiger partial charge in [-0.2, -0.15) is 21.0 Å². The van der Waals surface area contributed by atoms with Crippen LogP contribution >= 0.6 is 7.60 Å². The van der Waals surface area contributed by atoms with Gasteiger partial charge < -0.3 is 29.5 Å². The summed E-state index contributed by atoms with van der Waals surface area (Å²) in [7, 11) is -13.5. The Morgan fingerprint density at radius 1 is 0.938 bits per heavy atom. The second-order valence-electron chi connectivity index (χ2n) is 15.3. The molecular weight excluding hydrogens is 959 g/mol. The largest absolute Gasteiger partial charge is 0.456 e. The van der Waals surface area contributed by atoms with Crippen molar-refractivity contribution in [3.05, 3.63) is 95.7 Å². The number of carbonyl (C=O) groups excluding carboxylic acids is 1. The predicted molar refractivity (Wildman–Crippen MR) is 242 cm³/mol. The summed E-state index contributed by atoms with van der Waals surface area (Å²) in [5.41, 5.74) is 3.23. The number of unbranched alkanes of at least 4 members (excludes halogenated alkanes) is 2. The molecule has 20 heteroatoms. The van der Waals surface area contributed by atoms with Crippen LogP contribution in [0.5, 0.6) is 0 Å². The molecule has 1 amide bonds. The van der Waals surface area contributed by atoms with Crippen LogP contribution in [0.2, 0.25) is 0 Å². The number of hydrogen-bond donors (Lipinski definition) is 6. The molecule has 0 fully saturated rings. The van der Waals surface area contributed by atoms with Crippen LogP contribution in [0.4, 0.5) is 5.69 Å². The maximum atomic E-state index is 13.5. The van der Waals surface area contributed by atoms with E-state index in [1.165, 1.54) is 19.1 Å². The normalized spacial score (nSPS) is 12.7. The number of aromatic nitrogens is 1. The minimum Gasteiger partial charge on any atom is -0.456 e. The van der Waals surface area contributed by atoms with Gasteiger partial charge in [-0.1, -0.05) is 12.5 Å². The summed E-state index contributed by atoms with van der Waals surface area (Å²) in [5.74, 6) is 0.194. The quantitative estimate of drug-likeness (QED) is 0.0139. The fraction of sp³-hybridized carbons (Fsp3) is 0.409. The molecule has 1 unspecified atom stereocenters. The summed E-state index contributed by atoms with van der Waals surface area (Å²) in [4.78, 5) is 32.4. The second kappa shape index (κ2) is 23.3. The summed E-state index contributed by atoms with van der Waals surface area (Å²) in [6.07, 6.45) is 3.99. The Morgan fingerprint density at radius 2 is 1.64 bits per heavy atom. The maximum Gasteiger partial charge on any atom is 0.295 e. The van der Waals surface area contributed by atoms with E-state index in [0.29, 0.717) is 52.7 Å². The third-order valence-corrected chi connectivity index (χ3v) is 14.5. The molecule has 0 saturated heterocycles. The summed E-state index contributed by atoms with van der Waals surface area (Å²) < 4.78 is 88.0. The Hall–Kier alpha value is -3.42. The number of aliphatic hydroxyl groups is 1. The Morgan fingerprint density at radius 3 is 2.30 bits per heavy atom. The number of aliphatic hydroxyl groups excluding tert-OH is 1. The van der Waals surface area contributed by atoms with Crippen LogP contribution in [0, 0.1) is 5.66 Å². The Bertz CT molecular complexity index is 2720. The van der Waals surface area contributed by atoms with E-state index in [4.69, 9.17) is 4.42 Å². The fourth-order valence-electron chi connectivity index (χ4n) is 7.52. The summed E-state index contributed by atoms with van der Waals surface area (Å²) in [5, 5.41) is 14.7. The van der Waals surface area contributed by atoms with Gasteiger partial charge in [-0.05, 0) is 82.5 Å². The molecule has 2 aromatic carbocycles. The molecule has 5 rings (SSSR count). The first-order valence-corrected chi connectivity index (χ1v) is 25.6. The van der Waals surface area contributed by atoms with Gasteiger partial charge in [0, 0.05) is 111 Å². The number of amides is 1. The number of fused-ring (bicyclic) bond motifs is 2. The number of anilines is 1. The van der Waals surface area contributed by atoms with Gasteiger partial charge in [0.1, 0.15) is 35.4 Å². The number of nitrogens with zero attached hydrogens (tertiary/aromatic N) is 3. The standard InChI is InChI=1S/C44H58N5O11PS2.Y/c1-6-48(7-2)33-16-19-37-40(25-33)60-41-26-34(49(8-3)9-4)17-20-38(41)44(37)39-21-18-36(27-42(39)63(57,58)59)62(55,56)46-22-12-10-11-15-43(51)45-28-35(50)30-47-23-13-14-32(29-47)24-31(5)61(52,53)54;/h13-14,16-21,23,25-27,29,35,46,50H,6-12,15,22,24,28,30H2,1-5H3,(H3-,45,51,52,53,54,57,58,59);/p+1. The molecule has 345 valence electrons. The van der Waals surface area contributed by atoms with Crippen molar-refractivity contribution in [3.8, 4) is 22.5 Å². The molecule has 3 aromatic rings. The Kier molecular flexibility index (Phi) is 19.4. The Labute approximate surface area is 401 Å². The van der Waals surface area contributed by atoms with Crippen LogP contribution in [0.15, 0.2) is 93.3 Å². The molecule has 0 spiro atoms. The van der Waals surface area contributed by atoms with E-state index in [0.717, 1.165) is 43.3 Å². The first kappa shape index (κ1) is 53.2. The van der Waals surface area contributed by atoms with Crippen molar-refractivity contribution in [3.63, 3.8) is 0 Å². The van der Waals surface area contributed by atoms with Crippen LogP contribution in [-0.4, -0.2) is 87.6 Å². The predicted octanol–water partition coefficient (Wildman–Crippen LogP) is 4.68. The van der Waals surface area contributed by atoms with Gasteiger partial charge in [-0.15, -0.1) is 6.42 Å². The number of hydrogen-bond acceptors (Lipinski definition) is 9. The zero-order chi connectivity index (χ0) is 46.1. The molecule has 0 saturated carbocycles. The topological polar surface area (TPSA) is 231 Å². The smallest absolute Gasteiger partial charge is 0.295 e. The van der Waals surface area contributed by atoms with Crippen molar-refractivity contribution >= 4 is 50.3 Å². The molecule has 16 nitrogen and oxygen atoms in total. The fourth-order valence-corrected chi connectivity index (χ4v) is 9.80. The number of pyridine rings is 1. The molecule has 1 aromatic heterocycles. The van der Waals surface area contributed by atoms with E-state index >= 15 is 0 Å². The monoisotopic (exact) mass is 1020 g/mol. The molecule has 1 atom stereocenters. The average Bonchev–Trinajstić information content (AvgIpc) is 3.23. The van der Waals surface area contributed by atoms with Crippen LogP contribution < -0.4 is 29.4 Å².